The molecule has 5 aromatic rings. The van der Waals surface area contributed by atoms with Crippen LogP contribution < -0.4 is 5.32 Å². The first kappa shape index (κ1) is 28.4. The molecular formula is C35H33N3O4. The van der Waals surface area contributed by atoms with Gasteiger partial charge in [-0.05, 0) is 53.3 Å². The van der Waals surface area contributed by atoms with E-state index in [1.807, 2.05) is 85.1 Å². The monoisotopic (exact) mass is 559 g/mol. The molecule has 5 rings (SSSR count). The maximum Gasteiger partial charge on any atom is 0.305 e. The highest BCUT2D eigenvalue weighted by Gasteiger charge is 2.23. The molecule has 2 amide bonds. The molecule has 0 saturated heterocycles. The lowest BCUT2D eigenvalue weighted by Crippen LogP contribution is -2.35. The fourth-order valence-corrected chi connectivity index (χ4v) is 5.19. The van der Waals surface area contributed by atoms with Gasteiger partial charge in [0.05, 0.1) is 6.42 Å². The van der Waals surface area contributed by atoms with Gasteiger partial charge in [-0.25, -0.2) is 0 Å². The molecule has 3 N–H and O–H groups in total. The van der Waals surface area contributed by atoms with Crippen molar-refractivity contribution >= 4 is 28.7 Å². The zero-order chi connectivity index (χ0) is 29.3. The van der Waals surface area contributed by atoms with Crippen molar-refractivity contribution in [2.45, 2.75) is 19.3 Å². The average molecular weight is 560 g/mol. The predicted octanol–water partition coefficient (Wildman–Crippen LogP) is 5.97. The maximum atomic E-state index is 14.0. The maximum absolute atomic E-state index is 14.0. The second-order valence-electron chi connectivity index (χ2n) is 10.1. The number of H-pyrrole nitrogens is 1. The highest BCUT2D eigenvalue weighted by atomic mass is 16.4. The molecule has 0 atom stereocenters. The summed E-state index contributed by atoms with van der Waals surface area (Å²) in [7, 11) is 0. The number of nitrogens with one attached hydrogen (secondary N) is 2. The normalized spacial score (nSPS) is 10.9. The van der Waals surface area contributed by atoms with E-state index in [9.17, 15) is 19.5 Å². The van der Waals surface area contributed by atoms with E-state index in [1.165, 1.54) is 0 Å². The topological polar surface area (TPSA) is 102 Å². The summed E-state index contributed by atoms with van der Waals surface area (Å²) < 4.78 is 0. The molecule has 0 aliphatic heterocycles. The molecule has 212 valence electrons. The molecule has 0 aliphatic carbocycles. The van der Waals surface area contributed by atoms with Crippen molar-refractivity contribution in [3.05, 3.63) is 132 Å². The Labute approximate surface area is 244 Å². The molecule has 7 heteroatoms. The Balaban J connectivity index is 1.38. The molecule has 0 radical (unpaired) electrons. The van der Waals surface area contributed by atoms with Crippen molar-refractivity contribution in [1.29, 1.82) is 0 Å². The third-order valence-corrected chi connectivity index (χ3v) is 7.37. The standard InChI is InChI=1S/C35H33N3O4/c39-33(40)20-23-38(22-19-26-24-37-32-17-9-8-12-27(26)32)35(42)31-16-7-5-14-29(31)28-13-4-6-15-30(28)34(41)36-21-18-25-10-2-1-3-11-25/h1-17,24,37H,18-23H2,(H,36,41)(H,39,40). The number of carbonyl (C=O) groups excluding carboxylic acids is 2. The van der Waals surface area contributed by atoms with Gasteiger partial charge in [-0.1, -0.05) is 84.9 Å². The minimum Gasteiger partial charge on any atom is -0.481 e. The number of carbonyl (C=O) groups is 3. The Bertz CT molecular complexity index is 1690. The minimum atomic E-state index is -0.967. The van der Waals surface area contributed by atoms with E-state index < -0.39 is 5.97 Å². The molecular weight excluding hydrogens is 526 g/mol. The average Bonchev–Trinajstić information content (AvgIpc) is 3.44. The van der Waals surface area contributed by atoms with Crippen LogP contribution in [0.15, 0.2) is 109 Å². The van der Waals surface area contributed by atoms with Gasteiger partial charge in [0.25, 0.3) is 11.8 Å². The number of hydrogen-bond acceptors (Lipinski definition) is 3. The van der Waals surface area contributed by atoms with Crippen molar-refractivity contribution in [3.8, 4) is 11.1 Å². The fraction of sp³-hybridized carbons (Fsp3) is 0.171. The number of aromatic nitrogens is 1. The Morgan fingerprint density at radius 2 is 1.36 bits per heavy atom. The minimum absolute atomic E-state index is 0.0759. The van der Waals surface area contributed by atoms with Crippen LogP contribution in [-0.2, 0) is 17.6 Å². The van der Waals surface area contributed by atoms with Crippen molar-refractivity contribution in [2.75, 3.05) is 19.6 Å². The third-order valence-electron chi connectivity index (χ3n) is 7.37. The molecule has 7 nitrogen and oxygen atoms in total. The van der Waals surface area contributed by atoms with Crippen LogP contribution in [0.25, 0.3) is 22.0 Å². The first-order valence-electron chi connectivity index (χ1n) is 14.1. The highest BCUT2D eigenvalue weighted by molar-refractivity contribution is 6.06. The van der Waals surface area contributed by atoms with E-state index in [1.54, 1.807) is 29.2 Å². The Kier molecular flexibility index (Phi) is 9.09. The third kappa shape index (κ3) is 6.75. The molecule has 0 unspecified atom stereocenters. The molecule has 1 aromatic heterocycles. The van der Waals surface area contributed by atoms with Gasteiger partial charge >= 0.3 is 5.97 Å². The van der Waals surface area contributed by atoms with Crippen LogP contribution in [0.3, 0.4) is 0 Å². The van der Waals surface area contributed by atoms with Crippen LogP contribution in [0.1, 0.15) is 38.3 Å². The number of amides is 2. The fourth-order valence-electron chi connectivity index (χ4n) is 5.19. The number of rotatable bonds is 12. The summed E-state index contributed by atoms with van der Waals surface area (Å²) in [6.45, 7) is 0.908. The van der Waals surface area contributed by atoms with E-state index >= 15 is 0 Å². The largest absolute Gasteiger partial charge is 0.481 e. The number of hydrogen-bond donors (Lipinski definition) is 3. The second kappa shape index (κ2) is 13.5. The van der Waals surface area contributed by atoms with E-state index in [-0.39, 0.29) is 24.8 Å². The number of nitrogens with zero attached hydrogens (tertiary/aromatic N) is 1. The zero-order valence-corrected chi connectivity index (χ0v) is 23.3. The van der Waals surface area contributed by atoms with Gasteiger partial charge in [-0.2, -0.15) is 0 Å². The summed E-state index contributed by atoms with van der Waals surface area (Å²) in [6, 6.07) is 32.4. The smallest absolute Gasteiger partial charge is 0.305 e. The Morgan fingerprint density at radius 1 is 0.714 bits per heavy atom. The van der Waals surface area contributed by atoms with Crippen molar-refractivity contribution < 1.29 is 19.5 Å². The highest BCUT2D eigenvalue weighted by Crippen LogP contribution is 2.29. The lowest BCUT2D eigenvalue weighted by atomic mass is 9.94. The number of carboxylic acid groups (broad SMARTS) is 1. The van der Waals surface area contributed by atoms with Gasteiger partial charge < -0.3 is 20.3 Å². The van der Waals surface area contributed by atoms with Crippen LogP contribution >= 0.6 is 0 Å². The van der Waals surface area contributed by atoms with Gasteiger partial charge in [-0.15, -0.1) is 0 Å². The van der Waals surface area contributed by atoms with E-state index in [0.29, 0.717) is 48.2 Å². The summed E-state index contributed by atoms with van der Waals surface area (Å²) in [6.07, 6.45) is 3.05. The molecule has 42 heavy (non-hydrogen) atoms. The van der Waals surface area contributed by atoms with Crippen molar-refractivity contribution in [3.63, 3.8) is 0 Å². The van der Waals surface area contributed by atoms with E-state index in [2.05, 4.69) is 10.3 Å². The molecule has 0 saturated carbocycles. The summed E-state index contributed by atoms with van der Waals surface area (Å²) in [4.78, 5) is 43.6. The van der Waals surface area contributed by atoms with Crippen LogP contribution in [0.4, 0.5) is 0 Å². The van der Waals surface area contributed by atoms with Gasteiger partial charge in [0, 0.05) is 47.9 Å². The predicted molar refractivity (Wildman–Crippen MR) is 165 cm³/mol. The van der Waals surface area contributed by atoms with Gasteiger partial charge in [-0.3, -0.25) is 14.4 Å². The molecule has 0 bridgehead atoms. The molecule has 0 spiro atoms. The molecule has 0 aliphatic rings. The number of fused-ring (bicyclic) bond motifs is 1. The molecule has 0 fully saturated rings. The van der Waals surface area contributed by atoms with Gasteiger partial charge in [0.2, 0.25) is 0 Å². The number of aromatic amines is 1. The van der Waals surface area contributed by atoms with E-state index in [0.717, 1.165) is 22.0 Å². The summed E-state index contributed by atoms with van der Waals surface area (Å²) >= 11 is 0. The van der Waals surface area contributed by atoms with Crippen LogP contribution in [-0.4, -0.2) is 52.4 Å². The van der Waals surface area contributed by atoms with Crippen LogP contribution in [0.2, 0.25) is 0 Å². The lowest BCUT2D eigenvalue weighted by molar-refractivity contribution is -0.137. The SMILES string of the molecule is O=C(O)CCN(CCc1c[nH]c2ccccc12)C(=O)c1ccccc1-c1ccccc1C(=O)NCCc1ccccc1. The number of aliphatic carboxylic acids is 1. The van der Waals surface area contributed by atoms with Gasteiger partial charge in [0.1, 0.15) is 0 Å². The summed E-state index contributed by atoms with van der Waals surface area (Å²) in [5.74, 6) is -1.46. The number of para-hydroxylation sites is 1. The Morgan fingerprint density at radius 3 is 2.12 bits per heavy atom. The number of carboxylic acids is 1. The zero-order valence-electron chi connectivity index (χ0n) is 23.3. The van der Waals surface area contributed by atoms with Crippen molar-refractivity contribution in [2.24, 2.45) is 0 Å². The molecule has 1 heterocycles. The lowest BCUT2D eigenvalue weighted by Gasteiger charge is -2.24. The quantitative estimate of drug-likeness (QED) is 0.175. The van der Waals surface area contributed by atoms with Crippen LogP contribution in [0, 0.1) is 0 Å². The summed E-state index contributed by atoms with van der Waals surface area (Å²) in [5, 5.41) is 13.5. The Hall–Kier alpha value is -5.17. The van der Waals surface area contributed by atoms with Crippen molar-refractivity contribution in [1.82, 2.24) is 15.2 Å². The van der Waals surface area contributed by atoms with Crippen LogP contribution in [0.5, 0.6) is 0 Å². The first-order chi connectivity index (χ1) is 20.5. The van der Waals surface area contributed by atoms with E-state index in [4.69, 9.17) is 0 Å². The second-order valence-corrected chi connectivity index (χ2v) is 10.1. The molecule has 4 aromatic carbocycles. The number of benzene rings is 4. The summed E-state index contributed by atoms with van der Waals surface area (Å²) in [5.41, 5.74) is 5.38. The van der Waals surface area contributed by atoms with Gasteiger partial charge in [0.15, 0.2) is 0 Å². The first-order valence-corrected chi connectivity index (χ1v) is 14.1.